The number of nitrogens with one attached hydrogen (secondary N) is 1. The van der Waals surface area contributed by atoms with Crippen LogP contribution in [0.15, 0.2) is 36.4 Å². The predicted octanol–water partition coefficient (Wildman–Crippen LogP) is 3.10. The Morgan fingerprint density at radius 3 is 2.89 bits per heavy atom. The van der Waals surface area contributed by atoms with Gasteiger partial charge in [-0.05, 0) is 31.2 Å². The molecule has 2 aliphatic rings. The van der Waals surface area contributed by atoms with Gasteiger partial charge in [0.1, 0.15) is 5.75 Å². The smallest absolute Gasteiger partial charge is 0.130 e. The van der Waals surface area contributed by atoms with Crippen LogP contribution in [0, 0.1) is 5.92 Å². The van der Waals surface area contributed by atoms with Crippen molar-refractivity contribution in [2.45, 2.75) is 18.8 Å². The van der Waals surface area contributed by atoms with Crippen LogP contribution >= 0.6 is 0 Å². The minimum Gasteiger partial charge on any atom is -0.493 e. The van der Waals surface area contributed by atoms with E-state index in [2.05, 4.69) is 48.6 Å². The topological polar surface area (TPSA) is 21.3 Å². The van der Waals surface area contributed by atoms with Crippen molar-refractivity contribution in [2.24, 2.45) is 5.92 Å². The monoisotopic (exact) mass is 253 g/mol. The fourth-order valence-electron chi connectivity index (χ4n) is 3.69. The molecule has 0 radical (unpaired) electrons. The van der Waals surface area contributed by atoms with Gasteiger partial charge in [0, 0.05) is 22.9 Å². The molecule has 1 aliphatic carbocycles. The Morgan fingerprint density at radius 2 is 2.16 bits per heavy atom. The quantitative estimate of drug-likeness (QED) is 0.907. The van der Waals surface area contributed by atoms with E-state index in [0.717, 1.165) is 24.8 Å². The van der Waals surface area contributed by atoms with Crippen molar-refractivity contribution in [3.63, 3.8) is 0 Å². The van der Waals surface area contributed by atoms with Gasteiger partial charge >= 0.3 is 0 Å². The Kier molecular flexibility index (Phi) is 2.36. The molecule has 2 unspecified atom stereocenters. The lowest BCUT2D eigenvalue weighted by atomic mass is 9.91. The van der Waals surface area contributed by atoms with Gasteiger partial charge in [-0.15, -0.1) is 0 Å². The van der Waals surface area contributed by atoms with Crippen LogP contribution in [0.5, 0.6) is 5.75 Å². The maximum Gasteiger partial charge on any atom is 0.130 e. The molecule has 2 heteroatoms. The summed E-state index contributed by atoms with van der Waals surface area (Å²) in [4.78, 5) is 0. The van der Waals surface area contributed by atoms with E-state index >= 15 is 0 Å². The minimum absolute atomic E-state index is 0.356. The molecule has 2 nitrogen and oxygen atoms in total. The van der Waals surface area contributed by atoms with E-state index in [9.17, 15) is 0 Å². The van der Waals surface area contributed by atoms with Crippen LogP contribution in [0.2, 0.25) is 0 Å². The van der Waals surface area contributed by atoms with E-state index in [1.807, 2.05) is 0 Å². The van der Waals surface area contributed by atoms with Crippen LogP contribution in [0.4, 0.5) is 0 Å². The van der Waals surface area contributed by atoms with Crippen LogP contribution in [-0.4, -0.2) is 19.7 Å². The number of hydrogen-bond acceptors (Lipinski definition) is 2. The van der Waals surface area contributed by atoms with Gasteiger partial charge < -0.3 is 10.1 Å². The fourth-order valence-corrected chi connectivity index (χ4v) is 3.69. The maximum atomic E-state index is 6.03. The lowest BCUT2D eigenvalue weighted by Gasteiger charge is -2.19. The first kappa shape index (κ1) is 11.3. The highest BCUT2D eigenvalue weighted by atomic mass is 16.5. The van der Waals surface area contributed by atoms with E-state index in [1.165, 1.54) is 29.3 Å². The largest absolute Gasteiger partial charge is 0.493 e. The second kappa shape index (κ2) is 3.97. The average Bonchev–Trinajstić information content (AvgIpc) is 3.01. The molecular weight excluding hydrogens is 234 g/mol. The Bertz CT molecular complexity index is 636. The number of fused-ring (bicyclic) bond motifs is 2. The zero-order chi connectivity index (χ0) is 12.9. The Morgan fingerprint density at radius 1 is 1.26 bits per heavy atom. The van der Waals surface area contributed by atoms with E-state index in [1.54, 1.807) is 0 Å². The molecule has 2 aromatic carbocycles. The van der Waals surface area contributed by atoms with Crippen molar-refractivity contribution in [3.8, 4) is 5.75 Å². The van der Waals surface area contributed by atoms with Crippen LogP contribution < -0.4 is 10.1 Å². The summed E-state index contributed by atoms with van der Waals surface area (Å²) in [6.07, 6.45) is 1.32. The molecule has 0 spiro atoms. The summed E-state index contributed by atoms with van der Waals surface area (Å²) in [5.74, 6) is 1.93. The summed E-state index contributed by atoms with van der Waals surface area (Å²) in [6, 6.07) is 13.1. The van der Waals surface area contributed by atoms with Crippen LogP contribution in [-0.2, 0) is 5.41 Å². The number of piperidine rings is 1. The van der Waals surface area contributed by atoms with Crippen molar-refractivity contribution in [1.82, 2.24) is 5.32 Å². The fraction of sp³-hybridized carbons (Fsp3) is 0.412. The zero-order valence-electron chi connectivity index (χ0n) is 11.3. The summed E-state index contributed by atoms with van der Waals surface area (Å²) < 4.78 is 6.03. The van der Waals surface area contributed by atoms with E-state index in [0.29, 0.717) is 5.41 Å². The highest BCUT2D eigenvalue weighted by molar-refractivity contribution is 5.90. The number of ether oxygens (including phenoxy) is 1. The first-order valence-corrected chi connectivity index (χ1v) is 7.21. The van der Waals surface area contributed by atoms with E-state index in [-0.39, 0.29) is 0 Å². The molecule has 1 saturated carbocycles. The lowest BCUT2D eigenvalue weighted by Crippen LogP contribution is -2.20. The number of hydrogen-bond donors (Lipinski definition) is 1. The highest BCUT2D eigenvalue weighted by Crippen LogP contribution is 2.59. The molecule has 0 amide bonds. The van der Waals surface area contributed by atoms with Gasteiger partial charge in [0.15, 0.2) is 0 Å². The highest BCUT2D eigenvalue weighted by Gasteiger charge is 2.59. The molecule has 98 valence electrons. The van der Waals surface area contributed by atoms with Crippen molar-refractivity contribution in [1.29, 1.82) is 0 Å². The molecule has 4 rings (SSSR count). The molecule has 1 saturated heterocycles. The SMILES string of the molecule is CCOc1c(C23CNCC2C3)ccc2ccccc12. The summed E-state index contributed by atoms with van der Waals surface area (Å²) in [7, 11) is 0. The molecule has 1 aliphatic heterocycles. The molecule has 19 heavy (non-hydrogen) atoms. The van der Waals surface area contributed by atoms with Gasteiger partial charge in [-0.3, -0.25) is 0 Å². The second-order valence-corrected chi connectivity index (χ2v) is 5.78. The molecule has 1 N–H and O–H groups in total. The van der Waals surface area contributed by atoms with Crippen LogP contribution in [0.1, 0.15) is 18.9 Å². The Labute approximate surface area is 113 Å². The van der Waals surface area contributed by atoms with Gasteiger partial charge in [-0.2, -0.15) is 0 Å². The summed E-state index contributed by atoms with van der Waals surface area (Å²) >= 11 is 0. The number of benzene rings is 2. The van der Waals surface area contributed by atoms with Crippen molar-refractivity contribution >= 4 is 10.8 Å². The summed E-state index contributed by atoms with van der Waals surface area (Å²) in [6.45, 7) is 5.07. The third kappa shape index (κ3) is 1.53. The lowest BCUT2D eigenvalue weighted by molar-refractivity contribution is 0.337. The first-order valence-electron chi connectivity index (χ1n) is 7.21. The minimum atomic E-state index is 0.356. The van der Waals surface area contributed by atoms with E-state index in [4.69, 9.17) is 4.74 Å². The molecule has 0 bridgehead atoms. The van der Waals surface area contributed by atoms with E-state index < -0.39 is 0 Å². The third-order valence-electron chi connectivity index (χ3n) is 4.77. The third-order valence-corrected chi connectivity index (χ3v) is 4.77. The first-order chi connectivity index (χ1) is 9.35. The van der Waals surface area contributed by atoms with Gasteiger partial charge in [0.2, 0.25) is 0 Å². The average molecular weight is 253 g/mol. The van der Waals surface area contributed by atoms with Gasteiger partial charge in [-0.25, -0.2) is 0 Å². The predicted molar refractivity (Wildman–Crippen MR) is 77.8 cm³/mol. The zero-order valence-corrected chi connectivity index (χ0v) is 11.3. The van der Waals surface area contributed by atoms with Crippen LogP contribution in [0.25, 0.3) is 10.8 Å². The molecule has 0 aromatic heterocycles. The molecule has 2 atom stereocenters. The molecule has 1 heterocycles. The standard InChI is InChI=1S/C17H19NO/c1-2-19-16-14-6-4-3-5-12(14)7-8-15(16)17-9-13(17)10-18-11-17/h3-8,13,18H,2,9-11H2,1H3. The van der Waals surface area contributed by atoms with Gasteiger partial charge in [-0.1, -0.05) is 36.4 Å². The van der Waals surface area contributed by atoms with Crippen molar-refractivity contribution in [2.75, 3.05) is 19.7 Å². The van der Waals surface area contributed by atoms with Crippen LogP contribution in [0.3, 0.4) is 0 Å². The second-order valence-electron chi connectivity index (χ2n) is 5.78. The van der Waals surface area contributed by atoms with Crippen molar-refractivity contribution in [3.05, 3.63) is 42.0 Å². The normalized spacial score (nSPS) is 28.4. The molecule has 2 aromatic rings. The summed E-state index contributed by atoms with van der Waals surface area (Å²) in [5, 5.41) is 6.05. The van der Waals surface area contributed by atoms with Gasteiger partial charge in [0.25, 0.3) is 0 Å². The molecular formula is C17H19NO. The van der Waals surface area contributed by atoms with Crippen molar-refractivity contribution < 1.29 is 4.74 Å². The van der Waals surface area contributed by atoms with Gasteiger partial charge in [0.05, 0.1) is 6.61 Å². The Hall–Kier alpha value is -1.54. The maximum absolute atomic E-state index is 6.03. The summed E-state index contributed by atoms with van der Waals surface area (Å²) in [5.41, 5.74) is 1.78. The molecule has 2 fully saturated rings. The number of rotatable bonds is 3. The Balaban J connectivity index is 1.93.